The van der Waals surface area contributed by atoms with Crippen molar-refractivity contribution < 1.29 is 9.50 Å². The van der Waals surface area contributed by atoms with E-state index in [0.717, 1.165) is 39.0 Å². The predicted molar refractivity (Wildman–Crippen MR) is 92.1 cm³/mol. The number of benzene rings is 1. The summed E-state index contributed by atoms with van der Waals surface area (Å²) in [5, 5.41) is 13.9. The molecular formula is C15H22Cl3FN2O. The van der Waals surface area contributed by atoms with Crippen molar-refractivity contribution in [3.63, 3.8) is 0 Å². The zero-order valence-electron chi connectivity index (χ0n) is 12.2. The number of halogens is 4. The van der Waals surface area contributed by atoms with Crippen molar-refractivity contribution >= 4 is 36.4 Å². The summed E-state index contributed by atoms with van der Waals surface area (Å²) in [6, 6.07) is 2.82. The summed E-state index contributed by atoms with van der Waals surface area (Å²) in [6.45, 7) is 3.68. The third-order valence-corrected chi connectivity index (χ3v) is 4.88. The minimum atomic E-state index is -0.580. The molecule has 2 aliphatic rings. The summed E-state index contributed by atoms with van der Waals surface area (Å²) in [4.78, 5) is 2.33. The van der Waals surface area contributed by atoms with Gasteiger partial charge in [0.25, 0.3) is 0 Å². The molecule has 1 saturated carbocycles. The number of phenols is 1. The quantitative estimate of drug-likeness (QED) is 0.849. The number of piperazine rings is 1. The highest BCUT2D eigenvalue weighted by Gasteiger charge is 2.36. The van der Waals surface area contributed by atoms with Gasteiger partial charge >= 0.3 is 0 Å². The van der Waals surface area contributed by atoms with Crippen LogP contribution in [0.3, 0.4) is 0 Å². The van der Waals surface area contributed by atoms with Gasteiger partial charge in [0, 0.05) is 42.8 Å². The number of aromatic hydroxyl groups is 1. The van der Waals surface area contributed by atoms with Gasteiger partial charge in [-0.15, -0.1) is 24.8 Å². The maximum Gasteiger partial charge on any atom is 0.165 e. The van der Waals surface area contributed by atoms with Crippen molar-refractivity contribution in [2.75, 3.05) is 26.2 Å². The molecule has 1 aliphatic heterocycles. The summed E-state index contributed by atoms with van der Waals surface area (Å²) < 4.78 is 13.7. The van der Waals surface area contributed by atoms with Gasteiger partial charge in [-0.1, -0.05) is 18.0 Å². The van der Waals surface area contributed by atoms with Crippen molar-refractivity contribution in [3.05, 3.63) is 28.5 Å². The van der Waals surface area contributed by atoms with Crippen LogP contribution in [0, 0.1) is 11.7 Å². The summed E-state index contributed by atoms with van der Waals surface area (Å²) in [5.41, 5.74) is 0.582. The van der Waals surface area contributed by atoms with Gasteiger partial charge in [0.1, 0.15) is 0 Å². The number of rotatable bonds is 3. The largest absolute Gasteiger partial charge is 0.505 e. The highest BCUT2D eigenvalue weighted by atomic mass is 35.5. The summed E-state index contributed by atoms with van der Waals surface area (Å²) >= 11 is 6.27. The zero-order chi connectivity index (χ0) is 14.1. The molecule has 1 aromatic rings. The average Bonchev–Trinajstić information content (AvgIpc) is 2.41. The minimum Gasteiger partial charge on any atom is -0.505 e. The Bertz CT molecular complexity index is 494. The third kappa shape index (κ3) is 3.80. The van der Waals surface area contributed by atoms with E-state index in [0.29, 0.717) is 16.5 Å². The first kappa shape index (κ1) is 19.8. The van der Waals surface area contributed by atoms with E-state index in [4.69, 9.17) is 11.6 Å². The molecule has 0 spiro atoms. The van der Waals surface area contributed by atoms with E-state index in [2.05, 4.69) is 10.2 Å². The van der Waals surface area contributed by atoms with E-state index in [1.54, 1.807) is 6.07 Å². The molecule has 0 radical (unpaired) electrons. The molecular weight excluding hydrogens is 350 g/mol. The van der Waals surface area contributed by atoms with Gasteiger partial charge in [-0.05, 0) is 30.9 Å². The van der Waals surface area contributed by atoms with Crippen LogP contribution in [0.4, 0.5) is 4.39 Å². The molecule has 1 saturated heterocycles. The van der Waals surface area contributed by atoms with E-state index < -0.39 is 5.82 Å². The van der Waals surface area contributed by atoms with E-state index in [-0.39, 0.29) is 36.6 Å². The highest BCUT2D eigenvalue weighted by Crippen LogP contribution is 2.47. The van der Waals surface area contributed by atoms with Crippen LogP contribution >= 0.6 is 36.4 Å². The Labute approximate surface area is 148 Å². The molecule has 7 heteroatoms. The lowest BCUT2D eigenvalue weighted by Crippen LogP contribution is -2.48. The molecule has 2 N–H and O–H groups in total. The standard InChI is InChI=1S/C15H20ClFN2O.2ClH/c16-11-4-5-12(17)15(20)13(11)14(10-2-1-3-10)19-8-6-18-7-9-19;;/h4-5,10,14,18,20H,1-3,6-9H2;2*1H/t14-;;/m1../s1. The normalized spacial score (nSPS) is 20.5. The first-order chi connectivity index (χ1) is 9.68. The van der Waals surface area contributed by atoms with Gasteiger partial charge in [-0.25, -0.2) is 4.39 Å². The second-order valence-electron chi connectivity index (χ2n) is 5.71. The Morgan fingerprint density at radius 2 is 1.86 bits per heavy atom. The summed E-state index contributed by atoms with van der Waals surface area (Å²) in [5.74, 6) is -0.380. The lowest BCUT2D eigenvalue weighted by atomic mass is 9.76. The monoisotopic (exact) mass is 370 g/mol. The lowest BCUT2D eigenvalue weighted by molar-refractivity contribution is 0.0816. The van der Waals surface area contributed by atoms with Crippen LogP contribution in [0.2, 0.25) is 5.02 Å². The highest BCUT2D eigenvalue weighted by molar-refractivity contribution is 6.31. The lowest BCUT2D eigenvalue weighted by Gasteiger charge is -2.43. The molecule has 126 valence electrons. The Balaban J connectivity index is 0.00000121. The Morgan fingerprint density at radius 3 is 2.41 bits per heavy atom. The van der Waals surface area contributed by atoms with Crippen LogP contribution in [0.25, 0.3) is 0 Å². The van der Waals surface area contributed by atoms with Gasteiger partial charge in [0.15, 0.2) is 11.6 Å². The van der Waals surface area contributed by atoms with Crippen LogP contribution < -0.4 is 5.32 Å². The number of hydrogen-bond acceptors (Lipinski definition) is 3. The fourth-order valence-electron chi connectivity index (χ4n) is 3.27. The van der Waals surface area contributed by atoms with Crippen LogP contribution in [0.1, 0.15) is 30.9 Å². The first-order valence-corrected chi connectivity index (χ1v) is 7.68. The zero-order valence-corrected chi connectivity index (χ0v) is 14.6. The van der Waals surface area contributed by atoms with Crippen LogP contribution in [0.5, 0.6) is 5.75 Å². The number of nitrogens with zero attached hydrogens (tertiary/aromatic N) is 1. The SMILES string of the molecule is Cl.Cl.Oc1c(F)ccc(Cl)c1[C@@H](C1CCC1)N1CCNCC1. The van der Waals surface area contributed by atoms with Gasteiger partial charge in [-0.3, -0.25) is 4.90 Å². The molecule has 3 nitrogen and oxygen atoms in total. The second-order valence-corrected chi connectivity index (χ2v) is 6.12. The maximum absolute atomic E-state index is 13.7. The molecule has 22 heavy (non-hydrogen) atoms. The molecule has 0 amide bonds. The number of phenolic OH excluding ortho intramolecular Hbond substituents is 1. The van der Waals surface area contributed by atoms with Gasteiger partial charge in [0.05, 0.1) is 0 Å². The fraction of sp³-hybridized carbons (Fsp3) is 0.600. The number of hydrogen-bond donors (Lipinski definition) is 2. The van der Waals surface area contributed by atoms with Crippen molar-refractivity contribution in [1.82, 2.24) is 10.2 Å². The van der Waals surface area contributed by atoms with E-state index >= 15 is 0 Å². The molecule has 2 fully saturated rings. The molecule has 1 heterocycles. The smallest absolute Gasteiger partial charge is 0.165 e. The molecule has 1 aliphatic carbocycles. The maximum atomic E-state index is 13.7. The molecule has 3 rings (SSSR count). The predicted octanol–water partition coefficient (Wildman–Crippen LogP) is 3.77. The summed E-state index contributed by atoms with van der Waals surface area (Å²) in [6.07, 6.45) is 3.46. The number of nitrogens with one attached hydrogen (secondary N) is 1. The molecule has 0 bridgehead atoms. The van der Waals surface area contributed by atoms with Crippen LogP contribution in [0.15, 0.2) is 12.1 Å². The van der Waals surface area contributed by atoms with Crippen molar-refractivity contribution in [2.45, 2.75) is 25.3 Å². The van der Waals surface area contributed by atoms with Gasteiger partial charge in [0.2, 0.25) is 0 Å². The van der Waals surface area contributed by atoms with Crippen molar-refractivity contribution in [3.8, 4) is 5.75 Å². The van der Waals surface area contributed by atoms with Crippen LogP contribution in [-0.2, 0) is 0 Å². The van der Waals surface area contributed by atoms with Crippen molar-refractivity contribution in [1.29, 1.82) is 0 Å². The Morgan fingerprint density at radius 1 is 1.23 bits per heavy atom. The summed E-state index contributed by atoms with van der Waals surface area (Å²) in [7, 11) is 0. The topological polar surface area (TPSA) is 35.5 Å². The molecule has 1 atom stereocenters. The van der Waals surface area contributed by atoms with E-state index in [1.165, 1.54) is 12.5 Å². The van der Waals surface area contributed by atoms with E-state index in [9.17, 15) is 9.50 Å². The van der Waals surface area contributed by atoms with Gasteiger partial charge in [-0.2, -0.15) is 0 Å². The van der Waals surface area contributed by atoms with E-state index in [1.807, 2.05) is 0 Å². The Hall–Kier alpha value is -0.260. The fourth-order valence-corrected chi connectivity index (χ4v) is 3.53. The second kappa shape index (κ2) is 8.55. The average molecular weight is 372 g/mol. The molecule has 1 aromatic carbocycles. The minimum absolute atomic E-state index is 0. The van der Waals surface area contributed by atoms with Gasteiger partial charge < -0.3 is 10.4 Å². The Kier molecular flexibility index (Phi) is 7.69. The molecule has 0 aromatic heterocycles. The van der Waals surface area contributed by atoms with Crippen molar-refractivity contribution in [2.24, 2.45) is 5.92 Å². The molecule has 0 unspecified atom stereocenters. The first-order valence-electron chi connectivity index (χ1n) is 7.30. The third-order valence-electron chi connectivity index (χ3n) is 4.55. The van der Waals surface area contributed by atoms with Crippen LogP contribution in [-0.4, -0.2) is 36.2 Å².